The van der Waals surface area contributed by atoms with Crippen molar-refractivity contribution in [1.82, 2.24) is 4.90 Å². The molecule has 0 aliphatic carbocycles. The van der Waals surface area contributed by atoms with Crippen molar-refractivity contribution in [3.8, 4) is 23.8 Å². The minimum Gasteiger partial charge on any atom is -0.493 e. The molecule has 0 bridgehead atoms. The maximum absolute atomic E-state index is 13.3. The van der Waals surface area contributed by atoms with Gasteiger partial charge < -0.3 is 9.47 Å². The van der Waals surface area contributed by atoms with E-state index in [9.17, 15) is 14.0 Å². The monoisotopic (exact) mass is 397 g/mol. The number of nitrogens with zero attached hydrogens (tertiary/aromatic N) is 1. The second-order valence-corrected chi connectivity index (χ2v) is 6.79. The van der Waals surface area contributed by atoms with Crippen molar-refractivity contribution in [3.63, 3.8) is 0 Å². The third-order valence-electron chi connectivity index (χ3n) is 3.89. The molecule has 2 amide bonds. The first-order valence-electron chi connectivity index (χ1n) is 8.26. The van der Waals surface area contributed by atoms with Crippen molar-refractivity contribution in [3.05, 3.63) is 64.3 Å². The van der Waals surface area contributed by atoms with Crippen LogP contribution in [0.4, 0.5) is 9.18 Å². The number of terminal acetylenes is 1. The Bertz CT molecular complexity index is 996. The van der Waals surface area contributed by atoms with Gasteiger partial charge in [0.1, 0.15) is 12.4 Å². The maximum Gasteiger partial charge on any atom is 0.294 e. The van der Waals surface area contributed by atoms with Crippen molar-refractivity contribution >= 4 is 29.0 Å². The molecule has 0 unspecified atom stereocenters. The second kappa shape index (κ2) is 8.63. The van der Waals surface area contributed by atoms with Crippen LogP contribution in [0.15, 0.2) is 47.4 Å². The fourth-order valence-corrected chi connectivity index (χ4v) is 3.40. The summed E-state index contributed by atoms with van der Waals surface area (Å²) in [5, 5.41) is -0.392. The van der Waals surface area contributed by atoms with E-state index in [0.717, 1.165) is 16.7 Å². The van der Waals surface area contributed by atoms with Crippen LogP contribution >= 0.6 is 11.8 Å². The number of halogens is 1. The highest BCUT2D eigenvalue weighted by atomic mass is 32.2. The van der Waals surface area contributed by atoms with Crippen LogP contribution < -0.4 is 9.47 Å². The van der Waals surface area contributed by atoms with Gasteiger partial charge in [0.25, 0.3) is 11.1 Å². The molecule has 28 heavy (non-hydrogen) atoms. The maximum atomic E-state index is 13.3. The van der Waals surface area contributed by atoms with Gasteiger partial charge in [-0.05, 0) is 53.2 Å². The quantitative estimate of drug-likeness (QED) is 0.543. The van der Waals surface area contributed by atoms with E-state index in [1.54, 1.807) is 36.4 Å². The first-order chi connectivity index (χ1) is 13.5. The van der Waals surface area contributed by atoms with Crippen LogP contribution in [0.3, 0.4) is 0 Å². The number of rotatable bonds is 6. The molecule has 2 aromatic rings. The smallest absolute Gasteiger partial charge is 0.294 e. The fraction of sp³-hybridized carbons (Fsp3) is 0.143. The molecule has 0 radical (unpaired) electrons. The van der Waals surface area contributed by atoms with Crippen molar-refractivity contribution in [1.29, 1.82) is 0 Å². The summed E-state index contributed by atoms with van der Waals surface area (Å²) in [5.41, 5.74) is 1.36. The lowest BCUT2D eigenvalue weighted by atomic mass is 10.1. The highest BCUT2D eigenvalue weighted by Crippen LogP contribution is 2.34. The lowest BCUT2D eigenvalue weighted by molar-refractivity contribution is -0.122. The number of methoxy groups -OCH3 is 1. The van der Waals surface area contributed by atoms with Crippen LogP contribution in [0.25, 0.3) is 6.08 Å². The standard InChI is InChI=1S/C21H16FNO4S/c1-3-9-23-20(24)19(28-21(23)25)12-14-7-8-17(18(11-14)26-2)27-13-15-5-4-6-16(22)10-15/h1,4-8,10-12H,9,13H2,2H3/b19-12-. The summed E-state index contributed by atoms with van der Waals surface area (Å²) in [5.74, 6) is 2.47. The molecule has 1 aliphatic rings. The Hall–Kier alpha value is -3.24. The van der Waals surface area contributed by atoms with Crippen molar-refractivity contribution < 1.29 is 23.5 Å². The zero-order valence-electron chi connectivity index (χ0n) is 15.0. The number of imide groups is 1. The third kappa shape index (κ3) is 4.35. The molecular weight excluding hydrogens is 381 g/mol. The fourth-order valence-electron chi connectivity index (χ4n) is 2.56. The molecule has 1 heterocycles. The van der Waals surface area contributed by atoms with Gasteiger partial charge in [-0.3, -0.25) is 14.5 Å². The minimum absolute atomic E-state index is 0.0574. The number of ether oxygens (including phenoxy) is 2. The summed E-state index contributed by atoms with van der Waals surface area (Å²) in [7, 11) is 1.49. The number of hydrogen-bond acceptors (Lipinski definition) is 5. The molecule has 142 valence electrons. The summed E-state index contributed by atoms with van der Waals surface area (Å²) in [6.45, 7) is 0.122. The molecule has 0 atom stereocenters. The Morgan fingerprint density at radius 1 is 1.21 bits per heavy atom. The number of carbonyl (C=O) groups excluding carboxylic acids is 2. The van der Waals surface area contributed by atoms with E-state index < -0.39 is 11.1 Å². The zero-order valence-corrected chi connectivity index (χ0v) is 15.8. The molecule has 1 fully saturated rings. The van der Waals surface area contributed by atoms with E-state index >= 15 is 0 Å². The Morgan fingerprint density at radius 2 is 2.04 bits per heavy atom. The topological polar surface area (TPSA) is 55.8 Å². The highest BCUT2D eigenvalue weighted by molar-refractivity contribution is 8.18. The van der Waals surface area contributed by atoms with E-state index in [-0.39, 0.29) is 23.9 Å². The molecule has 1 aliphatic heterocycles. The van der Waals surface area contributed by atoms with Gasteiger partial charge in [0.05, 0.1) is 18.6 Å². The van der Waals surface area contributed by atoms with E-state index in [0.29, 0.717) is 22.6 Å². The number of carbonyl (C=O) groups is 2. The van der Waals surface area contributed by atoms with Gasteiger partial charge in [-0.15, -0.1) is 6.42 Å². The largest absolute Gasteiger partial charge is 0.493 e. The summed E-state index contributed by atoms with van der Waals surface area (Å²) >= 11 is 0.839. The summed E-state index contributed by atoms with van der Waals surface area (Å²) in [6, 6.07) is 11.2. The van der Waals surface area contributed by atoms with E-state index in [1.165, 1.54) is 19.2 Å². The minimum atomic E-state index is -0.418. The Morgan fingerprint density at radius 3 is 2.75 bits per heavy atom. The molecular formula is C21H16FNO4S. The lowest BCUT2D eigenvalue weighted by Gasteiger charge is -2.11. The first kappa shape index (κ1) is 19.5. The summed E-state index contributed by atoms with van der Waals surface area (Å²) in [6.07, 6.45) is 6.79. The van der Waals surface area contributed by atoms with Crippen molar-refractivity contribution in [2.75, 3.05) is 13.7 Å². The third-order valence-corrected chi connectivity index (χ3v) is 4.80. The van der Waals surface area contributed by atoms with Gasteiger partial charge in [0, 0.05) is 0 Å². The number of amides is 2. The number of thioether (sulfide) groups is 1. The molecule has 0 saturated carbocycles. The Labute approximate surface area is 166 Å². The van der Waals surface area contributed by atoms with Gasteiger partial charge in [-0.2, -0.15) is 0 Å². The SMILES string of the molecule is C#CCN1C(=O)S/C(=C\c2ccc(OCc3cccc(F)c3)c(OC)c2)C1=O. The Balaban J connectivity index is 1.77. The van der Waals surface area contributed by atoms with Crippen molar-refractivity contribution in [2.45, 2.75) is 6.61 Å². The molecule has 0 spiro atoms. The molecule has 1 saturated heterocycles. The van der Waals surface area contributed by atoms with E-state index in [2.05, 4.69) is 5.92 Å². The van der Waals surface area contributed by atoms with Crippen LogP contribution in [-0.4, -0.2) is 29.7 Å². The van der Waals surface area contributed by atoms with Crippen LogP contribution in [0.2, 0.25) is 0 Å². The zero-order chi connectivity index (χ0) is 20.1. The van der Waals surface area contributed by atoms with E-state index in [1.807, 2.05) is 0 Å². The van der Waals surface area contributed by atoms with Gasteiger partial charge in [0.15, 0.2) is 11.5 Å². The van der Waals surface area contributed by atoms with Gasteiger partial charge in [-0.1, -0.05) is 24.1 Å². The normalized spacial score (nSPS) is 15.0. The Kier molecular flexibility index (Phi) is 6.02. The summed E-state index contributed by atoms with van der Waals surface area (Å²) < 4.78 is 24.3. The molecule has 0 N–H and O–H groups in total. The average molecular weight is 397 g/mol. The number of hydrogen-bond donors (Lipinski definition) is 0. The van der Waals surface area contributed by atoms with Crippen LogP contribution in [-0.2, 0) is 11.4 Å². The predicted octanol–water partition coefficient (Wildman–Crippen LogP) is 4.08. The molecule has 5 nitrogen and oxygen atoms in total. The first-order valence-corrected chi connectivity index (χ1v) is 9.07. The molecule has 2 aromatic carbocycles. The van der Waals surface area contributed by atoms with Gasteiger partial charge >= 0.3 is 0 Å². The van der Waals surface area contributed by atoms with Crippen molar-refractivity contribution in [2.24, 2.45) is 0 Å². The molecule has 7 heteroatoms. The van der Waals surface area contributed by atoms with Gasteiger partial charge in [-0.25, -0.2) is 4.39 Å². The van der Waals surface area contributed by atoms with Crippen LogP contribution in [0, 0.1) is 18.2 Å². The van der Waals surface area contributed by atoms with E-state index in [4.69, 9.17) is 15.9 Å². The molecule has 3 rings (SSSR count). The van der Waals surface area contributed by atoms with Gasteiger partial charge in [0.2, 0.25) is 0 Å². The van der Waals surface area contributed by atoms with Crippen LogP contribution in [0.5, 0.6) is 11.5 Å². The summed E-state index contributed by atoms with van der Waals surface area (Å²) in [4.78, 5) is 25.4. The lowest BCUT2D eigenvalue weighted by Crippen LogP contribution is -2.28. The molecule has 0 aromatic heterocycles. The van der Waals surface area contributed by atoms with Crippen LogP contribution in [0.1, 0.15) is 11.1 Å². The average Bonchev–Trinajstić information content (AvgIpc) is 2.94. The number of benzene rings is 2. The second-order valence-electron chi connectivity index (χ2n) is 5.80. The predicted molar refractivity (Wildman–Crippen MR) is 105 cm³/mol. The highest BCUT2D eigenvalue weighted by Gasteiger charge is 2.34.